The minimum atomic E-state index is -0.312. The average molecular weight is 352 g/mol. The molecule has 0 amide bonds. The lowest BCUT2D eigenvalue weighted by atomic mass is 10.1. The second-order valence-corrected chi connectivity index (χ2v) is 5.60. The molecule has 0 bridgehead atoms. The lowest BCUT2D eigenvalue weighted by Crippen LogP contribution is -2.18. The van der Waals surface area contributed by atoms with Crippen molar-refractivity contribution in [1.82, 2.24) is 0 Å². The summed E-state index contributed by atoms with van der Waals surface area (Å²) in [6.45, 7) is 4.24. The van der Waals surface area contributed by atoms with Crippen LogP contribution in [0.25, 0.3) is 0 Å². The number of nitrogens with one attached hydrogen (secondary N) is 1. The molecular weight excluding hydrogens is 334 g/mol. The molecule has 112 valence electrons. The van der Waals surface area contributed by atoms with Crippen LogP contribution in [0, 0.1) is 0 Å². The van der Waals surface area contributed by atoms with E-state index in [9.17, 15) is 4.79 Å². The Bertz CT molecular complexity index is 596. The third-order valence-corrected chi connectivity index (χ3v) is 3.63. The molecule has 1 heterocycles. The van der Waals surface area contributed by atoms with Gasteiger partial charge in [0.1, 0.15) is 5.76 Å². The monoisotopic (exact) mass is 351 g/mol. The number of hydrogen-bond acceptors (Lipinski definition) is 4. The predicted octanol–water partition coefficient (Wildman–Crippen LogP) is 4.26. The van der Waals surface area contributed by atoms with Gasteiger partial charge in [0.15, 0.2) is 0 Å². The summed E-state index contributed by atoms with van der Waals surface area (Å²) in [5.41, 5.74) is 1.47. The smallest absolute Gasteiger partial charge is 0.338 e. The number of anilines is 1. The van der Waals surface area contributed by atoms with Gasteiger partial charge in [0.2, 0.25) is 0 Å². The molecule has 0 aliphatic carbocycles. The van der Waals surface area contributed by atoms with Crippen LogP contribution >= 0.6 is 15.9 Å². The van der Waals surface area contributed by atoms with Crippen molar-refractivity contribution in [2.75, 3.05) is 11.9 Å². The maximum atomic E-state index is 11.7. The zero-order valence-electron chi connectivity index (χ0n) is 12.1. The molecule has 1 aromatic carbocycles. The maximum Gasteiger partial charge on any atom is 0.338 e. The molecule has 0 aliphatic rings. The van der Waals surface area contributed by atoms with Crippen LogP contribution in [0.2, 0.25) is 0 Å². The molecule has 0 radical (unpaired) electrons. The third-order valence-electron chi connectivity index (χ3n) is 2.97. The Labute approximate surface area is 132 Å². The predicted molar refractivity (Wildman–Crippen MR) is 85.6 cm³/mol. The van der Waals surface area contributed by atoms with Crippen LogP contribution in [-0.2, 0) is 11.2 Å². The second kappa shape index (κ2) is 7.31. The fraction of sp³-hybridized carbons (Fsp3) is 0.312. The molecule has 2 aromatic rings. The highest BCUT2D eigenvalue weighted by Gasteiger charge is 2.11. The Hall–Kier alpha value is -1.75. The molecule has 2 rings (SSSR count). The molecule has 4 nitrogen and oxygen atoms in total. The number of carbonyl (C=O) groups excluding carboxylic acids is 1. The van der Waals surface area contributed by atoms with Gasteiger partial charge in [0.25, 0.3) is 0 Å². The summed E-state index contributed by atoms with van der Waals surface area (Å²) >= 11 is 3.48. The van der Waals surface area contributed by atoms with Gasteiger partial charge in [-0.1, -0.05) is 0 Å². The molecule has 1 atom stereocenters. The van der Waals surface area contributed by atoms with E-state index in [0.29, 0.717) is 12.2 Å². The minimum absolute atomic E-state index is 0.209. The van der Waals surface area contributed by atoms with Gasteiger partial charge in [0.05, 0.1) is 18.4 Å². The number of ether oxygens (including phenoxy) is 1. The fourth-order valence-corrected chi connectivity index (χ4v) is 2.51. The third kappa shape index (κ3) is 4.36. The first-order chi connectivity index (χ1) is 10.1. The Morgan fingerprint density at radius 1 is 1.43 bits per heavy atom. The van der Waals surface area contributed by atoms with Crippen LogP contribution in [-0.4, -0.2) is 18.6 Å². The second-order valence-electron chi connectivity index (χ2n) is 4.74. The van der Waals surface area contributed by atoms with E-state index < -0.39 is 0 Å². The van der Waals surface area contributed by atoms with Crippen molar-refractivity contribution < 1.29 is 13.9 Å². The van der Waals surface area contributed by atoms with Crippen molar-refractivity contribution in [3.63, 3.8) is 0 Å². The highest BCUT2D eigenvalue weighted by Crippen LogP contribution is 2.25. The molecule has 0 saturated carbocycles. The number of esters is 1. The van der Waals surface area contributed by atoms with Gasteiger partial charge < -0.3 is 14.5 Å². The normalized spacial score (nSPS) is 12.0. The Morgan fingerprint density at radius 2 is 2.24 bits per heavy atom. The van der Waals surface area contributed by atoms with Gasteiger partial charge in [-0.2, -0.15) is 0 Å². The first-order valence-electron chi connectivity index (χ1n) is 6.85. The molecule has 0 fully saturated rings. The molecule has 1 aromatic heterocycles. The van der Waals surface area contributed by atoms with Crippen molar-refractivity contribution in [3.05, 3.63) is 52.4 Å². The summed E-state index contributed by atoms with van der Waals surface area (Å²) in [5, 5.41) is 3.39. The van der Waals surface area contributed by atoms with Crippen LogP contribution in [0.4, 0.5) is 5.69 Å². The van der Waals surface area contributed by atoms with E-state index in [0.717, 1.165) is 22.3 Å². The van der Waals surface area contributed by atoms with Gasteiger partial charge in [-0.3, -0.25) is 0 Å². The van der Waals surface area contributed by atoms with Crippen molar-refractivity contribution in [2.45, 2.75) is 26.3 Å². The van der Waals surface area contributed by atoms with Gasteiger partial charge in [-0.15, -0.1) is 0 Å². The summed E-state index contributed by atoms with van der Waals surface area (Å²) in [5.74, 6) is 0.627. The molecule has 5 heteroatoms. The largest absolute Gasteiger partial charge is 0.469 e. The average Bonchev–Trinajstić information content (AvgIpc) is 2.94. The van der Waals surface area contributed by atoms with Gasteiger partial charge >= 0.3 is 5.97 Å². The van der Waals surface area contributed by atoms with Crippen LogP contribution in [0.1, 0.15) is 30.0 Å². The topological polar surface area (TPSA) is 51.5 Å². The van der Waals surface area contributed by atoms with Crippen LogP contribution in [0.3, 0.4) is 0 Å². The van der Waals surface area contributed by atoms with E-state index in [1.807, 2.05) is 18.2 Å². The molecule has 0 spiro atoms. The van der Waals surface area contributed by atoms with Crippen molar-refractivity contribution >= 4 is 27.6 Å². The highest BCUT2D eigenvalue weighted by molar-refractivity contribution is 9.10. The van der Waals surface area contributed by atoms with E-state index in [2.05, 4.69) is 28.2 Å². The zero-order chi connectivity index (χ0) is 15.2. The summed E-state index contributed by atoms with van der Waals surface area (Å²) < 4.78 is 11.2. The maximum absolute atomic E-state index is 11.7. The molecule has 1 N–H and O–H groups in total. The Kier molecular flexibility index (Phi) is 5.44. The lowest BCUT2D eigenvalue weighted by Gasteiger charge is -2.16. The van der Waals surface area contributed by atoms with Crippen molar-refractivity contribution in [2.24, 2.45) is 0 Å². The van der Waals surface area contributed by atoms with Crippen molar-refractivity contribution in [3.8, 4) is 0 Å². The van der Waals surface area contributed by atoms with Gasteiger partial charge in [-0.25, -0.2) is 4.79 Å². The summed E-state index contributed by atoms with van der Waals surface area (Å²) in [4.78, 5) is 11.7. The van der Waals surface area contributed by atoms with Crippen LogP contribution < -0.4 is 5.32 Å². The first kappa shape index (κ1) is 15.6. The zero-order valence-corrected chi connectivity index (χ0v) is 13.6. The fourth-order valence-electron chi connectivity index (χ4n) is 2.02. The number of rotatable bonds is 6. The highest BCUT2D eigenvalue weighted by atomic mass is 79.9. The summed E-state index contributed by atoms with van der Waals surface area (Å²) in [7, 11) is 0. The van der Waals surface area contributed by atoms with E-state index in [1.54, 1.807) is 25.3 Å². The standard InChI is InChI=1S/C16H18BrNO3/c1-3-20-16(19)12-6-7-15(14(17)10-12)18-11(2)9-13-5-4-8-21-13/h4-8,10-11,18H,3,9H2,1-2H3. The molecule has 0 aliphatic heterocycles. The number of benzene rings is 1. The quantitative estimate of drug-likeness (QED) is 0.790. The molecular formula is C16H18BrNO3. The molecule has 0 saturated heterocycles. The van der Waals surface area contributed by atoms with E-state index in [-0.39, 0.29) is 12.0 Å². The SMILES string of the molecule is CCOC(=O)c1ccc(NC(C)Cc2ccco2)c(Br)c1. The number of halogens is 1. The Balaban J connectivity index is 2.02. The van der Waals surface area contributed by atoms with E-state index in [4.69, 9.17) is 9.15 Å². The Morgan fingerprint density at radius 3 is 2.86 bits per heavy atom. The molecule has 1 unspecified atom stereocenters. The van der Waals surface area contributed by atoms with Gasteiger partial charge in [0, 0.05) is 22.6 Å². The summed E-state index contributed by atoms with van der Waals surface area (Å²) in [6, 6.07) is 9.43. The van der Waals surface area contributed by atoms with Gasteiger partial charge in [-0.05, 0) is 60.1 Å². The van der Waals surface area contributed by atoms with E-state index >= 15 is 0 Å². The lowest BCUT2D eigenvalue weighted by molar-refractivity contribution is 0.0526. The van der Waals surface area contributed by atoms with Crippen LogP contribution in [0.15, 0.2) is 45.5 Å². The van der Waals surface area contributed by atoms with Crippen LogP contribution in [0.5, 0.6) is 0 Å². The number of furan rings is 1. The molecule has 21 heavy (non-hydrogen) atoms. The minimum Gasteiger partial charge on any atom is -0.469 e. The number of carbonyl (C=O) groups is 1. The summed E-state index contributed by atoms with van der Waals surface area (Å²) in [6.07, 6.45) is 2.46. The van der Waals surface area contributed by atoms with Crippen molar-refractivity contribution in [1.29, 1.82) is 0 Å². The first-order valence-corrected chi connectivity index (χ1v) is 7.65. The van der Waals surface area contributed by atoms with E-state index in [1.165, 1.54) is 0 Å². The number of hydrogen-bond donors (Lipinski definition) is 1.